The van der Waals surface area contributed by atoms with E-state index < -0.39 is 14.4 Å². The SMILES string of the molecule is CC(C)(C)[Si](OC[C@@H]1CC2CC2N1C(=O)O)(c1ccccc1)c1ccccc1. The molecule has 2 aliphatic rings. The van der Waals surface area contributed by atoms with E-state index >= 15 is 0 Å². The third-order valence-electron chi connectivity index (χ3n) is 6.34. The number of likely N-dealkylation sites (tertiary alicyclic amines) is 1. The molecule has 1 N–H and O–H groups in total. The van der Waals surface area contributed by atoms with Crippen molar-refractivity contribution in [1.82, 2.24) is 4.90 Å². The first-order valence-electron chi connectivity index (χ1n) is 10.1. The first-order chi connectivity index (χ1) is 13.3. The number of hydrogen-bond donors (Lipinski definition) is 1. The van der Waals surface area contributed by atoms with Crippen LogP contribution in [0.4, 0.5) is 4.79 Å². The summed E-state index contributed by atoms with van der Waals surface area (Å²) in [4.78, 5) is 13.4. The molecule has 1 aliphatic heterocycles. The minimum Gasteiger partial charge on any atom is -0.465 e. The molecule has 2 unspecified atom stereocenters. The lowest BCUT2D eigenvalue weighted by Crippen LogP contribution is -2.67. The zero-order chi connectivity index (χ0) is 19.9. The summed E-state index contributed by atoms with van der Waals surface area (Å²) >= 11 is 0. The molecule has 1 saturated carbocycles. The normalized spacial score (nSPS) is 24.1. The number of rotatable bonds is 5. The van der Waals surface area contributed by atoms with Crippen molar-refractivity contribution < 1.29 is 14.3 Å². The number of fused-ring (bicyclic) bond motifs is 1. The van der Waals surface area contributed by atoms with Gasteiger partial charge in [0.1, 0.15) is 0 Å². The lowest BCUT2D eigenvalue weighted by molar-refractivity contribution is 0.109. The zero-order valence-corrected chi connectivity index (χ0v) is 17.8. The summed E-state index contributed by atoms with van der Waals surface area (Å²) in [5, 5.41) is 12.1. The number of amides is 1. The van der Waals surface area contributed by atoms with Crippen molar-refractivity contribution in [1.29, 1.82) is 0 Å². The van der Waals surface area contributed by atoms with Crippen LogP contribution in [-0.2, 0) is 4.43 Å². The van der Waals surface area contributed by atoms with Crippen LogP contribution >= 0.6 is 0 Å². The molecule has 3 atom stereocenters. The maximum absolute atomic E-state index is 11.8. The third kappa shape index (κ3) is 3.16. The average Bonchev–Trinajstić information content (AvgIpc) is 3.32. The van der Waals surface area contributed by atoms with Gasteiger partial charge in [0.25, 0.3) is 8.32 Å². The predicted octanol–water partition coefficient (Wildman–Crippen LogP) is 3.70. The summed E-state index contributed by atoms with van der Waals surface area (Å²) in [5.41, 5.74) is 0. The highest BCUT2D eigenvalue weighted by Gasteiger charge is 2.56. The molecule has 4 nitrogen and oxygen atoms in total. The van der Waals surface area contributed by atoms with E-state index in [0.29, 0.717) is 12.5 Å². The minimum absolute atomic E-state index is 0.0390. The van der Waals surface area contributed by atoms with Crippen molar-refractivity contribution in [2.45, 2.75) is 50.7 Å². The fourth-order valence-electron chi connectivity index (χ4n) is 4.99. The summed E-state index contributed by atoms with van der Waals surface area (Å²) in [6, 6.07) is 21.2. The highest BCUT2D eigenvalue weighted by molar-refractivity contribution is 6.99. The van der Waals surface area contributed by atoms with Crippen LogP contribution in [0.3, 0.4) is 0 Å². The van der Waals surface area contributed by atoms with Gasteiger partial charge in [-0.1, -0.05) is 81.4 Å². The van der Waals surface area contributed by atoms with Crippen molar-refractivity contribution in [3.63, 3.8) is 0 Å². The Morgan fingerprint density at radius 1 is 1.04 bits per heavy atom. The standard InChI is InChI=1S/C23H29NO3Si/c1-23(2,3)28(19-10-6-4-7-11-19,20-12-8-5-9-13-20)27-16-18-14-17-15-21(17)24(18)22(25)26/h4-13,17-18,21H,14-16H2,1-3H3,(H,25,26)/t17?,18-,21?/m0/s1. The summed E-state index contributed by atoms with van der Waals surface area (Å²) in [6.07, 6.45) is 1.14. The Labute approximate surface area is 168 Å². The molecule has 1 heterocycles. The molecule has 5 heteroatoms. The fraction of sp³-hybridized carbons (Fsp3) is 0.435. The molecule has 148 valence electrons. The average molecular weight is 396 g/mol. The van der Waals surface area contributed by atoms with Gasteiger partial charge in [0, 0.05) is 6.04 Å². The van der Waals surface area contributed by atoms with Crippen LogP contribution in [0.5, 0.6) is 0 Å². The van der Waals surface area contributed by atoms with Crippen LogP contribution in [-0.4, -0.2) is 43.1 Å². The maximum atomic E-state index is 11.8. The van der Waals surface area contributed by atoms with Crippen molar-refractivity contribution in [2.75, 3.05) is 6.61 Å². The van der Waals surface area contributed by atoms with Crippen LogP contribution in [0.25, 0.3) is 0 Å². The second kappa shape index (κ2) is 7.05. The molecule has 0 radical (unpaired) electrons. The van der Waals surface area contributed by atoms with E-state index in [0.717, 1.165) is 12.8 Å². The van der Waals surface area contributed by atoms with Crippen molar-refractivity contribution in [2.24, 2.45) is 5.92 Å². The van der Waals surface area contributed by atoms with Gasteiger partial charge in [0.15, 0.2) is 0 Å². The van der Waals surface area contributed by atoms with E-state index in [2.05, 4.69) is 69.3 Å². The smallest absolute Gasteiger partial charge is 0.407 e. The first-order valence-corrected chi connectivity index (χ1v) is 12.0. The van der Waals surface area contributed by atoms with Gasteiger partial charge < -0.3 is 9.53 Å². The number of hydrogen-bond acceptors (Lipinski definition) is 2. The highest BCUT2D eigenvalue weighted by Crippen LogP contribution is 2.48. The van der Waals surface area contributed by atoms with Gasteiger partial charge in [-0.05, 0) is 34.2 Å². The summed E-state index contributed by atoms with van der Waals surface area (Å²) in [6.45, 7) is 7.22. The Hall–Kier alpha value is -2.11. The van der Waals surface area contributed by atoms with Gasteiger partial charge in [0.05, 0.1) is 12.6 Å². The van der Waals surface area contributed by atoms with Crippen molar-refractivity contribution >= 4 is 24.8 Å². The van der Waals surface area contributed by atoms with Gasteiger partial charge in [-0.2, -0.15) is 0 Å². The molecule has 2 aromatic rings. The Kier molecular flexibility index (Phi) is 4.84. The maximum Gasteiger partial charge on any atom is 0.407 e. The van der Waals surface area contributed by atoms with Gasteiger partial charge >= 0.3 is 6.09 Å². The molecule has 4 rings (SSSR count). The van der Waals surface area contributed by atoms with Crippen LogP contribution in [0, 0.1) is 5.92 Å². The van der Waals surface area contributed by atoms with E-state index in [-0.39, 0.29) is 17.1 Å². The molecule has 1 saturated heterocycles. The van der Waals surface area contributed by atoms with Crippen LogP contribution < -0.4 is 10.4 Å². The topological polar surface area (TPSA) is 49.8 Å². The largest absolute Gasteiger partial charge is 0.465 e. The molecule has 0 bridgehead atoms. The Bertz CT molecular complexity index is 794. The summed E-state index contributed by atoms with van der Waals surface area (Å²) < 4.78 is 6.93. The van der Waals surface area contributed by atoms with E-state index in [1.54, 1.807) is 4.90 Å². The molecule has 28 heavy (non-hydrogen) atoms. The monoisotopic (exact) mass is 395 g/mol. The number of piperidine rings is 1. The first kappa shape index (κ1) is 19.2. The Balaban J connectivity index is 1.72. The quantitative estimate of drug-likeness (QED) is 0.786. The van der Waals surface area contributed by atoms with Crippen LogP contribution in [0.15, 0.2) is 60.7 Å². The van der Waals surface area contributed by atoms with Crippen LogP contribution in [0.1, 0.15) is 33.6 Å². The lowest BCUT2D eigenvalue weighted by atomic mass is 10.2. The van der Waals surface area contributed by atoms with E-state index in [9.17, 15) is 9.90 Å². The molecule has 0 spiro atoms. The fourth-order valence-corrected chi connectivity index (χ4v) is 9.59. The Morgan fingerprint density at radius 2 is 1.57 bits per heavy atom. The predicted molar refractivity (Wildman–Crippen MR) is 114 cm³/mol. The number of benzene rings is 2. The van der Waals surface area contributed by atoms with Gasteiger partial charge in [-0.3, -0.25) is 4.90 Å². The molecule has 1 aliphatic carbocycles. The number of carboxylic acid groups (broad SMARTS) is 1. The van der Waals surface area contributed by atoms with Crippen molar-refractivity contribution in [3.05, 3.63) is 60.7 Å². The van der Waals surface area contributed by atoms with E-state index in [4.69, 9.17) is 4.43 Å². The van der Waals surface area contributed by atoms with Gasteiger partial charge in [-0.25, -0.2) is 4.79 Å². The Morgan fingerprint density at radius 3 is 2.04 bits per heavy atom. The number of carbonyl (C=O) groups is 1. The molecular formula is C23H29NO3Si. The van der Waals surface area contributed by atoms with Gasteiger partial charge in [-0.15, -0.1) is 0 Å². The van der Waals surface area contributed by atoms with E-state index in [1.165, 1.54) is 10.4 Å². The molecule has 2 fully saturated rings. The van der Waals surface area contributed by atoms with Gasteiger partial charge in [0.2, 0.25) is 0 Å². The van der Waals surface area contributed by atoms with Crippen molar-refractivity contribution in [3.8, 4) is 0 Å². The molecule has 1 amide bonds. The van der Waals surface area contributed by atoms with Crippen LogP contribution in [0.2, 0.25) is 5.04 Å². The summed E-state index contributed by atoms with van der Waals surface area (Å²) in [7, 11) is -2.61. The third-order valence-corrected chi connectivity index (χ3v) is 11.3. The second-order valence-electron chi connectivity index (χ2n) is 9.12. The highest BCUT2D eigenvalue weighted by atomic mass is 28.4. The minimum atomic E-state index is -2.61. The lowest BCUT2D eigenvalue weighted by Gasteiger charge is -2.44. The molecular weight excluding hydrogens is 366 g/mol. The second-order valence-corrected chi connectivity index (χ2v) is 13.4. The zero-order valence-electron chi connectivity index (χ0n) is 16.8. The summed E-state index contributed by atoms with van der Waals surface area (Å²) in [5.74, 6) is 0.531. The molecule has 2 aromatic carbocycles. The number of nitrogens with zero attached hydrogens (tertiary/aromatic N) is 1. The van der Waals surface area contributed by atoms with E-state index in [1.807, 2.05) is 12.1 Å². The molecule has 0 aromatic heterocycles.